The van der Waals surface area contributed by atoms with E-state index in [1.165, 1.54) is 10.4 Å². The summed E-state index contributed by atoms with van der Waals surface area (Å²) in [7, 11) is -3.66. The Morgan fingerprint density at radius 2 is 1.77 bits per heavy atom. The number of benzene rings is 2. The summed E-state index contributed by atoms with van der Waals surface area (Å²) in [4.78, 5) is 16.9. The van der Waals surface area contributed by atoms with Gasteiger partial charge in [-0.2, -0.15) is 0 Å². The smallest absolute Gasteiger partial charge is 0.246 e. The zero-order chi connectivity index (χ0) is 21.9. The van der Waals surface area contributed by atoms with Crippen molar-refractivity contribution in [2.75, 3.05) is 41.6 Å². The molecular formula is C22H28FN3O3S. The van der Waals surface area contributed by atoms with Gasteiger partial charge in [0.25, 0.3) is 0 Å². The van der Waals surface area contributed by atoms with Gasteiger partial charge in [-0.25, -0.2) is 12.8 Å². The maximum atomic E-state index is 14.1. The molecule has 162 valence electrons. The highest BCUT2D eigenvalue weighted by Crippen LogP contribution is 2.26. The Morgan fingerprint density at radius 1 is 1.10 bits per heavy atom. The molecular weight excluding hydrogens is 405 g/mol. The van der Waals surface area contributed by atoms with E-state index in [9.17, 15) is 17.6 Å². The fourth-order valence-corrected chi connectivity index (χ4v) is 5.09. The third kappa shape index (κ3) is 4.75. The summed E-state index contributed by atoms with van der Waals surface area (Å²) < 4.78 is 40.5. The van der Waals surface area contributed by atoms with Gasteiger partial charge in [0.1, 0.15) is 11.9 Å². The topological polar surface area (TPSA) is 60.9 Å². The summed E-state index contributed by atoms with van der Waals surface area (Å²) in [6.45, 7) is 5.50. The molecule has 0 saturated carbocycles. The first kappa shape index (κ1) is 22.1. The molecule has 0 bridgehead atoms. The standard InChI is InChI=1S/C22H28FN3O3S/c1-4-20(26(30(3,28)29)18-9-7-8-17(2)16-18)22(27)25-14-12-24(13-15-25)21-11-6-5-10-19(21)23/h5-11,16,20H,4,12-15H2,1-3H3. The van der Waals surface area contributed by atoms with Crippen LogP contribution in [0.2, 0.25) is 0 Å². The Labute approximate surface area is 177 Å². The van der Waals surface area contributed by atoms with Crippen molar-refractivity contribution in [1.29, 1.82) is 0 Å². The van der Waals surface area contributed by atoms with E-state index < -0.39 is 16.1 Å². The number of sulfonamides is 1. The molecule has 2 aromatic carbocycles. The van der Waals surface area contributed by atoms with Crippen LogP contribution in [0.4, 0.5) is 15.8 Å². The van der Waals surface area contributed by atoms with Crippen LogP contribution in [0.3, 0.4) is 0 Å². The number of halogens is 1. The lowest BCUT2D eigenvalue weighted by Gasteiger charge is -2.39. The van der Waals surface area contributed by atoms with Crippen LogP contribution in [0.5, 0.6) is 0 Å². The summed E-state index contributed by atoms with van der Waals surface area (Å²) in [5, 5.41) is 0. The Bertz CT molecular complexity index is 1000. The number of para-hydroxylation sites is 1. The number of piperazine rings is 1. The van der Waals surface area contributed by atoms with E-state index >= 15 is 0 Å². The van der Waals surface area contributed by atoms with Crippen molar-refractivity contribution in [1.82, 2.24) is 4.90 Å². The van der Waals surface area contributed by atoms with Crippen molar-refractivity contribution >= 4 is 27.3 Å². The SMILES string of the molecule is CCC(C(=O)N1CCN(c2ccccc2F)CC1)N(c1cccc(C)c1)S(C)(=O)=O. The number of carbonyl (C=O) groups is 1. The number of hydrogen-bond donors (Lipinski definition) is 0. The molecule has 0 N–H and O–H groups in total. The quantitative estimate of drug-likeness (QED) is 0.703. The van der Waals surface area contributed by atoms with Gasteiger partial charge in [-0.3, -0.25) is 9.10 Å². The highest BCUT2D eigenvalue weighted by atomic mass is 32.2. The monoisotopic (exact) mass is 433 g/mol. The molecule has 1 heterocycles. The minimum atomic E-state index is -3.66. The van der Waals surface area contributed by atoms with Crippen LogP contribution in [0.25, 0.3) is 0 Å². The molecule has 3 rings (SSSR count). The van der Waals surface area contributed by atoms with Gasteiger partial charge in [0.2, 0.25) is 15.9 Å². The Kier molecular flexibility index (Phi) is 6.65. The van der Waals surface area contributed by atoms with Crippen LogP contribution in [0.15, 0.2) is 48.5 Å². The summed E-state index contributed by atoms with van der Waals surface area (Å²) >= 11 is 0. The first-order valence-corrected chi connectivity index (χ1v) is 11.9. The molecule has 1 aliphatic rings. The number of aryl methyl sites for hydroxylation is 1. The zero-order valence-corrected chi connectivity index (χ0v) is 18.4. The third-order valence-corrected chi connectivity index (χ3v) is 6.53. The van der Waals surface area contributed by atoms with Crippen LogP contribution in [-0.4, -0.2) is 57.7 Å². The molecule has 0 spiro atoms. The second-order valence-corrected chi connectivity index (χ2v) is 9.45. The lowest BCUT2D eigenvalue weighted by Crippen LogP contribution is -2.56. The van der Waals surface area contributed by atoms with Gasteiger partial charge in [-0.1, -0.05) is 31.2 Å². The van der Waals surface area contributed by atoms with E-state index in [0.717, 1.165) is 11.8 Å². The number of anilines is 2. The van der Waals surface area contributed by atoms with Crippen LogP contribution < -0.4 is 9.21 Å². The van der Waals surface area contributed by atoms with Gasteiger partial charge in [-0.15, -0.1) is 0 Å². The zero-order valence-electron chi connectivity index (χ0n) is 17.6. The highest BCUT2D eigenvalue weighted by Gasteiger charge is 2.35. The van der Waals surface area contributed by atoms with Crippen molar-refractivity contribution in [2.24, 2.45) is 0 Å². The maximum Gasteiger partial charge on any atom is 0.246 e. The molecule has 0 aliphatic carbocycles. The van der Waals surface area contributed by atoms with Gasteiger partial charge < -0.3 is 9.80 Å². The van der Waals surface area contributed by atoms with Crippen molar-refractivity contribution in [3.63, 3.8) is 0 Å². The second-order valence-electron chi connectivity index (χ2n) is 7.59. The molecule has 1 atom stereocenters. The van der Waals surface area contributed by atoms with E-state index in [1.54, 1.807) is 41.3 Å². The average Bonchev–Trinajstić information content (AvgIpc) is 2.71. The van der Waals surface area contributed by atoms with Gasteiger partial charge >= 0.3 is 0 Å². The number of carbonyl (C=O) groups excluding carboxylic acids is 1. The first-order chi connectivity index (χ1) is 14.2. The van der Waals surface area contributed by atoms with Crippen molar-refractivity contribution in [3.05, 3.63) is 59.9 Å². The van der Waals surface area contributed by atoms with Crippen LogP contribution >= 0.6 is 0 Å². The predicted octanol–water partition coefficient (Wildman–Crippen LogP) is 3.03. The highest BCUT2D eigenvalue weighted by molar-refractivity contribution is 7.92. The molecule has 1 unspecified atom stereocenters. The normalized spacial score (nSPS) is 15.7. The molecule has 2 aromatic rings. The predicted molar refractivity (Wildman–Crippen MR) is 118 cm³/mol. The summed E-state index contributed by atoms with van der Waals surface area (Å²) in [5.74, 6) is -0.510. The Hall–Kier alpha value is -2.61. The van der Waals surface area contributed by atoms with Gasteiger partial charge in [-0.05, 0) is 43.2 Å². The number of nitrogens with zero attached hydrogens (tertiary/aromatic N) is 3. The van der Waals surface area contributed by atoms with Crippen molar-refractivity contribution < 1.29 is 17.6 Å². The largest absolute Gasteiger partial charge is 0.366 e. The van der Waals surface area contributed by atoms with Gasteiger partial charge in [0.05, 0.1) is 17.6 Å². The van der Waals surface area contributed by atoms with Crippen LogP contribution in [0.1, 0.15) is 18.9 Å². The first-order valence-electron chi connectivity index (χ1n) is 10.1. The fourth-order valence-electron chi connectivity index (χ4n) is 3.90. The molecule has 1 amide bonds. The van der Waals surface area contributed by atoms with E-state index in [-0.39, 0.29) is 11.7 Å². The third-order valence-electron chi connectivity index (χ3n) is 5.35. The number of hydrogen-bond acceptors (Lipinski definition) is 4. The fraction of sp³-hybridized carbons (Fsp3) is 0.409. The Morgan fingerprint density at radius 3 is 2.33 bits per heavy atom. The van der Waals surface area contributed by atoms with E-state index in [1.807, 2.05) is 24.8 Å². The summed E-state index contributed by atoms with van der Waals surface area (Å²) in [5.41, 5.74) is 1.93. The summed E-state index contributed by atoms with van der Waals surface area (Å²) in [6, 6.07) is 12.9. The number of rotatable bonds is 6. The molecule has 0 radical (unpaired) electrons. The minimum Gasteiger partial charge on any atom is -0.366 e. The molecule has 1 fully saturated rings. The maximum absolute atomic E-state index is 14.1. The van der Waals surface area contributed by atoms with E-state index in [4.69, 9.17) is 0 Å². The van der Waals surface area contributed by atoms with Crippen LogP contribution in [0, 0.1) is 12.7 Å². The van der Waals surface area contributed by atoms with Crippen LogP contribution in [-0.2, 0) is 14.8 Å². The molecule has 1 aliphatic heterocycles. The van der Waals surface area contributed by atoms with Gasteiger partial charge in [0.15, 0.2) is 0 Å². The molecule has 30 heavy (non-hydrogen) atoms. The van der Waals surface area contributed by atoms with E-state index in [0.29, 0.717) is 44.0 Å². The van der Waals surface area contributed by atoms with E-state index in [2.05, 4.69) is 0 Å². The summed E-state index contributed by atoms with van der Waals surface area (Å²) in [6.07, 6.45) is 1.48. The minimum absolute atomic E-state index is 0.224. The lowest BCUT2D eigenvalue weighted by molar-refractivity contribution is -0.132. The van der Waals surface area contributed by atoms with Crippen molar-refractivity contribution in [2.45, 2.75) is 26.3 Å². The van der Waals surface area contributed by atoms with Gasteiger partial charge in [0, 0.05) is 26.2 Å². The molecule has 0 aromatic heterocycles. The average molecular weight is 434 g/mol. The molecule has 8 heteroatoms. The molecule has 6 nitrogen and oxygen atoms in total. The second kappa shape index (κ2) is 9.04. The lowest BCUT2D eigenvalue weighted by atomic mass is 10.1. The van der Waals surface area contributed by atoms with Crippen molar-refractivity contribution in [3.8, 4) is 0 Å². The Balaban J connectivity index is 1.79. The number of amides is 1. The molecule has 1 saturated heterocycles.